The number of hydrogen-bond acceptors (Lipinski definition) is 3. The summed E-state index contributed by atoms with van der Waals surface area (Å²) in [7, 11) is 0. The van der Waals surface area contributed by atoms with E-state index < -0.39 is 0 Å². The van der Waals surface area contributed by atoms with Gasteiger partial charge >= 0.3 is 0 Å². The molecular formula is C17H19N3OS. The number of nitrogens with one attached hydrogen (secondary N) is 2. The maximum Gasteiger partial charge on any atom is 0.191 e. The second-order valence-corrected chi connectivity index (χ2v) is 4.98. The molecule has 0 aliphatic heterocycles. The average molecular weight is 313 g/mol. The van der Waals surface area contributed by atoms with Gasteiger partial charge in [-0.05, 0) is 42.9 Å². The third kappa shape index (κ3) is 5.18. The molecule has 5 heteroatoms. The summed E-state index contributed by atoms with van der Waals surface area (Å²) in [4.78, 5) is 0. The number of benzene rings is 2. The molecule has 0 fully saturated rings. The van der Waals surface area contributed by atoms with Crippen molar-refractivity contribution in [3.63, 3.8) is 0 Å². The Hall–Kier alpha value is -2.40. The molecule has 0 saturated heterocycles. The van der Waals surface area contributed by atoms with E-state index in [9.17, 15) is 0 Å². The summed E-state index contributed by atoms with van der Waals surface area (Å²) < 4.78 is 5.67. The lowest BCUT2D eigenvalue weighted by molar-refractivity contribution is 0.317. The van der Waals surface area contributed by atoms with Crippen LogP contribution in [0.4, 0.5) is 5.69 Å². The van der Waals surface area contributed by atoms with Crippen LogP contribution in [-0.4, -0.2) is 17.9 Å². The first-order valence-electron chi connectivity index (χ1n) is 7.16. The molecule has 2 N–H and O–H groups in total. The van der Waals surface area contributed by atoms with E-state index in [1.165, 1.54) is 0 Å². The van der Waals surface area contributed by atoms with Gasteiger partial charge in [-0.2, -0.15) is 5.10 Å². The number of ether oxygens (including phenoxy) is 1. The monoisotopic (exact) mass is 313 g/mol. The summed E-state index contributed by atoms with van der Waals surface area (Å²) in [6, 6.07) is 17.5. The van der Waals surface area contributed by atoms with E-state index in [0.29, 0.717) is 11.7 Å². The van der Waals surface area contributed by atoms with Gasteiger partial charge < -0.3 is 10.1 Å². The molecule has 0 atom stereocenters. The molecule has 2 aromatic rings. The fourth-order valence-electron chi connectivity index (χ4n) is 1.77. The van der Waals surface area contributed by atoms with Crippen LogP contribution in [0.1, 0.15) is 18.9 Å². The maximum absolute atomic E-state index is 5.67. The lowest BCUT2D eigenvalue weighted by Gasteiger charge is -2.08. The smallest absolute Gasteiger partial charge is 0.191 e. The van der Waals surface area contributed by atoms with Crippen LogP contribution in [0.25, 0.3) is 0 Å². The quantitative estimate of drug-likeness (QED) is 0.484. The van der Waals surface area contributed by atoms with Crippen molar-refractivity contribution >= 4 is 29.2 Å². The molecular weight excluding hydrogens is 294 g/mol. The van der Waals surface area contributed by atoms with Crippen LogP contribution in [0.2, 0.25) is 0 Å². The van der Waals surface area contributed by atoms with E-state index in [0.717, 1.165) is 23.4 Å². The molecule has 0 spiro atoms. The summed E-state index contributed by atoms with van der Waals surface area (Å²) >= 11 is 5.19. The fraction of sp³-hybridized carbons (Fsp3) is 0.176. The summed E-state index contributed by atoms with van der Waals surface area (Å²) in [5.74, 6) is 0.817. The highest BCUT2D eigenvalue weighted by molar-refractivity contribution is 7.80. The average Bonchev–Trinajstić information content (AvgIpc) is 2.55. The summed E-state index contributed by atoms with van der Waals surface area (Å²) in [6.45, 7) is 2.76. The van der Waals surface area contributed by atoms with E-state index in [1.807, 2.05) is 54.6 Å². The Balaban J connectivity index is 1.91. The Bertz CT molecular complexity index is 629. The highest BCUT2D eigenvalue weighted by atomic mass is 32.1. The van der Waals surface area contributed by atoms with E-state index >= 15 is 0 Å². The Morgan fingerprint density at radius 3 is 2.64 bits per heavy atom. The Morgan fingerprint density at radius 2 is 1.86 bits per heavy atom. The fourth-order valence-corrected chi connectivity index (χ4v) is 1.94. The van der Waals surface area contributed by atoms with Crippen molar-refractivity contribution in [1.82, 2.24) is 5.43 Å². The highest BCUT2D eigenvalue weighted by Gasteiger charge is 2.00. The van der Waals surface area contributed by atoms with Crippen molar-refractivity contribution in [2.24, 2.45) is 5.10 Å². The maximum atomic E-state index is 5.67. The first-order valence-corrected chi connectivity index (χ1v) is 7.57. The predicted molar refractivity (Wildman–Crippen MR) is 95.6 cm³/mol. The van der Waals surface area contributed by atoms with Gasteiger partial charge in [0, 0.05) is 11.3 Å². The number of thiocarbonyl (C=S) groups is 1. The number of nitrogens with zero attached hydrogens (tertiary/aromatic N) is 1. The van der Waals surface area contributed by atoms with Gasteiger partial charge in [0.2, 0.25) is 0 Å². The van der Waals surface area contributed by atoms with Crippen LogP contribution in [0, 0.1) is 0 Å². The van der Waals surface area contributed by atoms with Crippen LogP contribution in [0.3, 0.4) is 0 Å². The van der Waals surface area contributed by atoms with Crippen molar-refractivity contribution in [2.75, 3.05) is 11.9 Å². The van der Waals surface area contributed by atoms with Gasteiger partial charge in [0.25, 0.3) is 0 Å². The van der Waals surface area contributed by atoms with Crippen LogP contribution in [-0.2, 0) is 0 Å². The van der Waals surface area contributed by atoms with Crippen molar-refractivity contribution in [3.05, 3.63) is 60.2 Å². The lowest BCUT2D eigenvalue weighted by Crippen LogP contribution is -2.23. The van der Waals surface area contributed by atoms with Crippen molar-refractivity contribution < 1.29 is 4.74 Å². The molecule has 0 aliphatic rings. The number of anilines is 1. The number of para-hydroxylation sites is 2. The molecule has 0 radical (unpaired) electrons. The van der Waals surface area contributed by atoms with Crippen LogP contribution >= 0.6 is 12.2 Å². The van der Waals surface area contributed by atoms with Crippen molar-refractivity contribution in [3.8, 4) is 5.75 Å². The molecule has 0 heterocycles. The van der Waals surface area contributed by atoms with Crippen molar-refractivity contribution in [1.29, 1.82) is 0 Å². The standard InChI is InChI=1S/C17H19N3OS/c1-2-12-21-16-11-7-6-8-14(16)13-18-20-17(22)19-15-9-4-3-5-10-15/h3-11,13H,2,12H2,1H3,(H2,19,20,22)/b18-13-. The van der Waals surface area contributed by atoms with Crippen LogP contribution < -0.4 is 15.5 Å². The molecule has 0 unspecified atom stereocenters. The van der Waals surface area contributed by atoms with Gasteiger partial charge in [-0.1, -0.05) is 37.3 Å². The molecule has 0 saturated carbocycles. The normalized spacial score (nSPS) is 10.4. The largest absolute Gasteiger partial charge is 0.493 e. The number of hydrazone groups is 1. The van der Waals surface area contributed by atoms with Crippen LogP contribution in [0.15, 0.2) is 59.7 Å². The Kier molecular flexibility index (Phi) is 6.39. The molecule has 4 nitrogen and oxygen atoms in total. The summed E-state index contributed by atoms with van der Waals surface area (Å²) in [5, 5.41) is 7.64. The highest BCUT2D eigenvalue weighted by Crippen LogP contribution is 2.15. The van der Waals surface area contributed by atoms with Gasteiger partial charge in [0.1, 0.15) is 5.75 Å². The molecule has 114 valence electrons. The minimum absolute atomic E-state index is 0.439. The molecule has 2 aromatic carbocycles. The van der Waals surface area contributed by atoms with Crippen molar-refractivity contribution in [2.45, 2.75) is 13.3 Å². The second kappa shape index (κ2) is 8.79. The zero-order valence-corrected chi connectivity index (χ0v) is 13.3. The molecule has 22 heavy (non-hydrogen) atoms. The molecule has 2 rings (SSSR count). The zero-order valence-electron chi connectivity index (χ0n) is 12.5. The minimum Gasteiger partial charge on any atom is -0.493 e. The van der Waals surface area contributed by atoms with E-state index in [4.69, 9.17) is 17.0 Å². The molecule has 0 aromatic heterocycles. The summed E-state index contributed by atoms with van der Waals surface area (Å²) in [6.07, 6.45) is 2.67. The molecule has 0 amide bonds. The Morgan fingerprint density at radius 1 is 1.14 bits per heavy atom. The minimum atomic E-state index is 0.439. The number of hydrogen-bond donors (Lipinski definition) is 2. The SMILES string of the molecule is CCCOc1ccccc1/C=N\NC(=S)Nc1ccccc1. The van der Waals surface area contributed by atoms with Gasteiger partial charge in [-0.25, -0.2) is 0 Å². The van der Waals surface area contributed by atoms with E-state index in [1.54, 1.807) is 6.21 Å². The summed E-state index contributed by atoms with van der Waals surface area (Å²) in [5.41, 5.74) is 4.62. The Labute approximate surface area is 136 Å². The van der Waals surface area contributed by atoms with Crippen LogP contribution in [0.5, 0.6) is 5.75 Å². The first-order chi connectivity index (χ1) is 10.8. The third-order valence-electron chi connectivity index (χ3n) is 2.78. The predicted octanol–water partition coefficient (Wildman–Crippen LogP) is 3.80. The van der Waals surface area contributed by atoms with E-state index in [-0.39, 0.29) is 0 Å². The zero-order chi connectivity index (χ0) is 15.6. The lowest BCUT2D eigenvalue weighted by atomic mass is 10.2. The number of rotatable bonds is 6. The molecule has 0 bridgehead atoms. The van der Waals surface area contributed by atoms with Gasteiger partial charge in [0.05, 0.1) is 12.8 Å². The van der Waals surface area contributed by atoms with Gasteiger partial charge in [0.15, 0.2) is 5.11 Å². The first kappa shape index (κ1) is 16.0. The molecule has 0 aliphatic carbocycles. The third-order valence-corrected chi connectivity index (χ3v) is 2.98. The second-order valence-electron chi connectivity index (χ2n) is 4.58. The van der Waals surface area contributed by atoms with E-state index in [2.05, 4.69) is 22.8 Å². The van der Waals surface area contributed by atoms with Gasteiger partial charge in [-0.15, -0.1) is 0 Å². The van der Waals surface area contributed by atoms with Gasteiger partial charge in [-0.3, -0.25) is 5.43 Å². The topological polar surface area (TPSA) is 45.6 Å².